The third kappa shape index (κ3) is 6.59. The molecular formula is C21H27N5O5S. The number of aromatic nitrogens is 1. The van der Waals surface area contributed by atoms with Gasteiger partial charge >= 0.3 is 5.97 Å². The van der Waals surface area contributed by atoms with Crippen LogP contribution in [0.4, 0.5) is 10.8 Å². The van der Waals surface area contributed by atoms with Gasteiger partial charge in [-0.3, -0.25) is 19.3 Å². The van der Waals surface area contributed by atoms with Gasteiger partial charge < -0.3 is 20.7 Å². The number of likely N-dealkylation sites (N-methyl/N-ethyl adjacent to an activating group) is 1. The van der Waals surface area contributed by atoms with Crippen LogP contribution in [0.25, 0.3) is 0 Å². The maximum Gasteiger partial charge on any atom is 0.341 e. The Morgan fingerprint density at radius 3 is 2.34 bits per heavy atom. The van der Waals surface area contributed by atoms with Gasteiger partial charge in [0, 0.05) is 12.7 Å². The van der Waals surface area contributed by atoms with E-state index in [1.54, 1.807) is 33.0 Å². The first kappa shape index (κ1) is 25.0. The van der Waals surface area contributed by atoms with Crippen molar-refractivity contribution in [2.24, 2.45) is 0 Å². The summed E-state index contributed by atoms with van der Waals surface area (Å²) in [5.41, 5.74) is 1.35. The Morgan fingerprint density at radius 2 is 1.75 bits per heavy atom. The summed E-state index contributed by atoms with van der Waals surface area (Å²) < 4.78 is 5.07. The van der Waals surface area contributed by atoms with Crippen LogP contribution in [0.15, 0.2) is 18.2 Å². The molecule has 0 saturated heterocycles. The van der Waals surface area contributed by atoms with Crippen molar-refractivity contribution in [2.75, 3.05) is 44.4 Å². The number of carbonyl (C=O) groups excluding carboxylic acids is 4. The van der Waals surface area contributed by atoms with Gasteiger partial charge in [-0.2, -0.15) is 0 Å². The first-order chi connectivity index (χ1) is 15.2. The minimum Gasteiger partial charge on any atom is -0.462 e. The lowest BCUT2D eigenvalue weighted by Gasteiger charge is -2.16. The molecule has 0 bridgehead atoms. The predicted molar refractivity (Wildman–Crippen MR) is 122 cm³/mol. The van der Waals surface area contributed by atoms with Crippen molar-refractivity contribution >= 4 is 45.8 Å². The second-order valence-corrected chi connectivity index (χ2v) is 8.01. The van der Waals surface area contributed by atoms with Crippen molar-refractivity contribution < 1.29 is 23.9 Å². The monoisotopic (exact) mass is 461 g/mol. The van der Waals surface area contributed by atoms with Crippen molar-refractivity contribution in [1.29, 1.82) is 0 Å². The van der Waals surface area contributed by atoms with Crippen molar-refractivity contribution in [3.05, 3.63) is 39.9 Å². The summed E-state index contributed by atoms with van der Waals surface area (Å²) in [6.07, 6.45) is 0. The average Bonchev–Trinajstić information content (AvgIpc) is 3.02. The highest BCUT2D eigenvalue weighted by Crippen LogP contribution is 2.33. The van der Waals surface area contributed by atoms with E-state index in [0.717, 1.165) is 17.0 Å². The molecule has 0 aliphatic rings. The third-order valence-corrected chi connectivity index (χ3v) is 5.50. The van der Waals surface area contributed by atoms with Crippen LogP contribution >= 0.6 is 11.3 Å². The molecule has 0 saturated carbocycles. The first-order valence-corrected chi connectivity index (χ1v) is 10.7. The van der Waals surface area contributed by atoms with Gasteiger partial charge in [-0.25, -0.2) is 9.78 Å². The summed E-state index contributed by atoms with van der Waals surface area (Å²) in [4.78, 5) is 55.3. The van der Waals surface area contributed by atoms with E-state index in [-0.39, 0.29) is 42.1 Å². The number of thiophene rings is 1. The van der Waals surface area contributed by atoms with Crippen LogP contribution in [-0.4, -0.2) is 67.4 Å². The van der Waals surface area contributed by atoms with E-state index in [4.69, 9.17) is 4.74 Å². The molecule has 0 spiro atoms. The molecule has 2 rings (SSSR count). The first-order valence-electron chi connectivity index (χ1n) is 9.90. The molecule has 0 atom stereocenters. The van der Waals surface area contributed by atoms with Crippen LogP contribution in [0.1, 0.15) is 38.2 Å². The van der Waals surface area contributed by atoms with Gasteiger partial charge in [-0.15, -0.1) is 11.3 Å². The molecule has 172 valence electrons. The van der Waals surface area contributed by atoms with E-state index in [1.165, 1.54) is 11.9 Å². The number of nitrogens with one attached hydrogen (secondary N) is 3. The van der Waals surface area contributed by atoms with Gasteiger partial charge in [0.05, 0.1) is 30.1 Å². The Morgan fingerprint density at radius 1 is 1.09 bits per heavy atom. The fraction of sp³-hybridized carbons (Fsp3) is 0.381. The number of nitrogens with zero attached hydrogens (tertiary/aromatic N) is 2. The second kappa shape index (κ2) is 11.3. The zero-order valence-electron chi connectivity index (χ0n) is 18.7. The molecule has 10 nitrogen and oxygen atoms in total. The number of anilines is 2. The lowest BCUT2D eigenvalue weighted by molar-refractivity contribution is -0.119. The van der Waals surface area contributed by atoms with Gasteiger partial charge in [-0.05, 0) is 45.5 Å². The molecule has 0 aliphatic heterocycles. The molecular weight excluding hydrogens is 434 g/mol. The number of hydrogen-bond acceptors (Lipinski definition) is 8. The molecule has 3 amide bonds. The maximum atomic E-state index is 12.6. The lowest BCUT2D eigenvalue weighted by Crippen LogP contribution is -2.36. The summed E-state index contributed by atoms with van der Waals surface area (Å²) in [6.45, 7) is 5.12. The minimum atomic E-state index is -0.620. The van der Waals surface area contributed by atoms with Crippen LogP contribution < -0.4 is 16.0 Å². The average molecular weight is 462 g/mol. The molecule has 2 aromatic heterocycles. The number of hydrogen-bond donors (Lipinski definition) is 3. The fourth-order valence-electron chi connectivity index (χ4n) is 2.89. The van der Waals surface area contributed by atoms with Gasteiger partial charge in [0.1, 0.15) is 10.8 Å². The highest BCUT2D eigenvalue weighted by molar-refractivity contribution is 7.18. The van der Waals surface area contributed by atoms with E-state index in [1.807, 2.05) is 13.0 Å². The molecule has 0 fully saturated rings. The Hall–Kier alpha value is -3.31. The molecule has 0 aromatic carbocycles. The number of amides is 3. The molecule has 2 aromatic rings. The van der Waals surface area contributed by atoms with Gasteiger partial charge in [0.15, 0.2) is 0 Å². The van der Waals surface area contributed by atoms with E-state index in [2.05, 4.69) is 20.9 Å². The van der Waals surface area contributed by atoms with Crippen LogP contribution in [0.5, 0.6) is 0 Å². The minimum absolute atomic E-state index is 0.0409. The van der Waals surface area contributed by atoms with Crippen LogP contribution in [0.3, 0.4) is 0 Å². The number of pyridine rings is 1. The van der Waals surface area contributed by atoms with Crippen molar-refractivity contribution in [3.63, 3.8) is 0 Å². The summed E-state index contributed by atoms with van der Waals surface area (Å²) in [5.74, 6) is -1.31. The van der Waals surface area contributed by atoms with Crippen LogP contribution in [0.2, 0.25) is 0 Å². The second-order valence-electron chi connectivity index (χ2n) is 6.99. The van der Waals surface area contributed by atoms with Crippen molar-refractivity contribution in [1.82, 2.24) is 15.2 Å². The molecule has 32 heavy (non-hydrogen) atoms. The van der Waals surface area contributed by atoms with Gasteiger partial charge in [0.2, 0.25) is 11.8 Å². The normalized spacial score (nSPS) is 10.6. The maximum absolute atomic E-state index is 12.6. The molecule has 0 aliphatic carbocycles. The van der Waals surface area contributed by atoms with Crippen molar-refractivity contribution in [3.8, 4) is 0 Å². The summed E-state index contributed by atoms with van der Waals surface area (Å²) in [6, 6.07) is 5.28. The Bertz CT molecular complexity index is 1020. The van der Waals surface area contributed by atoms with Crippen LogP contribution in [0, 0.1) is 13.8 Å². The molecule has 0 radical (unpaired) electrons. The Balaban J connectivity index is 2.05. The van der Waals surface area contributed by atoms with Gasteiger partial charge in [0.25, 0.3) is 5.91 Å². The largest absolute Gasteiger partial charge is 0.462 e. The standard InChI is InChI=1S/C21H27N5O5S/c1-6-31-21(30)17-13(3)18(19(29)22-4)32-20(17)25-16(28)11-26(5)10-15(27)24-14-9-7-8-12(2)23-14/h7-9H,6,10-11H2,1-5H3,(H,22,29)(H,25,28)(H,23,24,27). The zero-order valence-corrected chi connectivity index (χ0v) is 19.5. The quantitative estimate of drug-likeness (QED) is 0.486. The number of aryl methyl sites for hydroxylation is 1. The van der Waals surface area contributed by atoms with Crippen molar-refractivity contribution in [2.45, 2.75) is 20.8 Å². The summed E-state index contributed by atoms with van der Waals surface area (Å²) in [5, 5.41) is 8.08. The third-order valence-electron chi connectivity index (χ3n) is 4.30. The highest BCUT2D eigenvalue weighted by Gasteiger charge is 2.26. The molecule has 11 heteroatoms. The lowest BCUT2D eigenvalue weighted by atomic mass is 10.1. The highest BCUT2D eigenvalue weighted by atomic mass is 32.1. The number of carbonyl (C=O) groups is 4. The summed E-state index contributed by atoms with van der Waals surface area (Å²) in [7, 11) is 3.10. The fourth-order valence-corrected chi connectivity index (χ4v) is 4.05. The SMILES string of the molecule is CCOC(=O)c1c(NC(=O)CN(C)CC(=O)Nc2cccc(C)n2)sc(C(=O)NC)c1C. The van der Waals surface area contributed by atoms with E-state index in [0.29, 0.717) is 16.3 Å². The van der Waals surface area contributed by atoms with Gasteiger partial charge in [-0.1, -0.05) is 6.07 Å². The zero-order chi connectivity index (χ0) is 23.8. The number of rotatable bonds is 9. The number of esters is 1. The Kier molecular flexibility index (Phi) is 8.85. The topological polar surface area (TPSA) is 130 Å². The summed E-state index contributed by atoms with van der Waals surface area (Å²) >= 11 is 0.995. The van der Waals surface area contributed by atoms with E-state index < -0.39 is 11.9 Å². The van der Waals surface area contributed by atoms with E-state index >= 15 is 0 Å². The predicted octanol–water partition coefficient (Wildman–Crippen LogP) is 1.81. The molecule has 0 unspecified atom stereocenters. The Labute approximate surface area is 190 Å². The molecule has 2 heterocycles. The van der Waals surface area contributed by atoms with E-state index in [9.17, 15) is 19.2 Å². The van der Waals surface area contributed by atoms with Crippen LogP contribution in [-0.2, 0) is 14.3 Å². The number of ether oxygens (including phenoxy) is 1. The molecule has 3 N–H and O–H groups in total. The smallest absolute Gasteiger partial charge is 0.341 e.